The summed E-state index contributed by atoms with van der Waals surface area (Å²) in [6.45, 7) is 0. The zero-order valence-electron chi connectivity index (χ0n) is 19.6. The molecule has 2 fully saturated rings. The Morgan fingerprint density at radius 3 is 2.18 bits per heavy atom. The highest BCUT2D eigenvalue weighted by molar-refractivity contribution is 5.86. The first-order valence-electron chi connectivity index (χ1n) is 12.8. The van der Waals surface area contributed by atoms with Gasteiger partial charge < -0.3 is 16.0 Å². The molecular formula is C28H33FN4O. The van der Waals surface area contributed by atoms with Crippen molar-refractivity contribution in [2.45, 2.75) is 75.9 Å². The smallest absolute Gasteiger partial charge is 0.228 e. The predicted molar refractivity (Wildman–Crippen MR) is 132 cm³/mol. The maximum absolute atomic E-state index is 15.6. The molecule has 2 aromatic rings. The van der Waals surface area contributed by atoms with Gasteiger partial charge in [0.1, 0.15) is 11.5 Å². The van der Waals surface area contributed by atoms with Crippen LogP contribution in [0.3, 0.4) is 0 Å². The lowest BCUT2D eigenvalue weighted by atomic mass is 9.70. The van der Waals surface area contributed by atoms with Crippen LogP contribution in [0.15, 0.2) is 42.5 Å². The van der Waals surface area contributed by atoms with E-state index in [0.717, 1.165) is 62.7 Å². The van der Waals surface area contributed by atoms with Crippen LogP contribution in [0.5, 0.6) is 0 Å². The summed E-state index contributed by atoms with van der Waals surface area (Å²) < 4.78 is 15.6. The molecule has 5 nitrogen and oxygen atoms in total. The van der Waals surface area contributed by atoms with Gasteiger partial charge in [0.15, 0.2) is 0 Å². The van der Waals surface area contributed by atoms with Crippen molar-refractivity contribution in [3.05, 3.63) is 59.4 Å². The largest absolute Gasteiger partial charge is 0.357 e. The van der Waals surface area contributed by atoms with Gasteiger partial charge in [-0.3, -0.25) is 4.79 Å². The maximum Gasteiger partial charge on any atom is 0.228 e. The lowest BCUT2D eigenvalue weighted by molar-refractivity contribution is -0.130. The van der Waals surface area contributed by atoms with Gasteiger partial charge in [0.25, 0.3) is 0 Å². The number of benzene rings is 2. The number of anilines is 2. The number of carbonyl (C=O) groups is 1. The summed E-state index contributed by atoms with van der Waals surface area (Å²) >= 11 is 0. The number of amides is 1. The van der Waals surface area contributed by atoms with Crippen LogP contribution in [0.1, 0.15) is 75.3 Å². The number of halogens is 1. The van der Waals surface area contributed by atoms with Gasteiger partial charge >= 0.3 is 0 Å². The average Bonchev–Trinajstić information content (AvgIpc) is 3.25. The number of carbonyl (C=O) groups excluding carboxylic acids is 1. The van der Waals surface area contributed by atoms with Gasteiger partial charge in [0.2, 0.25) is 5.91 Å². The number of rotatable bonds is 5. The van der Waals surface area contributed by atoms with E-state index in [1.54, 1.807) is 12.1 Å². The highest BCUT2D eigenvalue weighted by atomic mass is 19.1. The Morgan fingerprint density at radius 2 is 1.59 bits per heavy atom. The molecule has 3 N–H and O–H groups in total. The third-order valence-corrected chi connectivity index (χ3v) is 7.94. The van der Waals surface area contributed by atoms with Gasteiger partial charge in [-0.15, -0.1) is 0 Å². The van der Waals surface area contributed by atoms with E-state index in [1.165, 1.54) is 18.9 Å². The molecule has 178 valence electrons. The minimum atomic E-state index is -1.12. The number of fused-ring (bicyclic) bond motifs is 1. The summed E-state index contributed by atoms with van der Waals surface area (Å²) in [6, 6.07) is 14.6. The fourth-order valence-electron chi connectivity index (χ4n) is 6.29. The van der Waals surface area contributed by atoms with E-state index >= 15 is 4.39 Å². The van der Waals surface area contributed by atoms with Crippen molar-refractivity contribution in [1.82, 2.24) is 5.32 Å². The molecule has 2 aromatic carbocycles. The van der Waals surface area contributed by atoms with E-state index in [4.69, 9.17) is 0 Å². The lowest BCUT2D eigenvalue weighted by Gasteiger charge is -2.44. The van der Waals surface area contributed by atoms with Crippen molar-refractivity contribution in [1.29, 1.82) is 5.26 Å². The van der Waals surface area contributed by atoms with E-state index in [2.05, 4.69) is 16.0 Å². The summed E-state index contributed by atoms with van der Waals surface area (Å²) in [7, 11) is 0. The summed E-state index contributed by atoms with van der Waals surface area (Å²) in [5, 5.41) is 19.8. The molecule has 0 saturated heterocycles. The number of hydrogen-bond acceptors (Lipinski definition) is 4. The third-order valence-electron chi connectivity index (χ3n) is 7.94. The minimum absolute atomic E-state index is 0.00429. The molecule has 0 bridgehead atoms. The second-order valence-corrected chi connectivity index (χ2v) is 10.1. The molecule has 1 heterocycles. The van der Waals surface area contributed by atoms with Gasteiger partial charge in [-0.1, -0.05) is 56.7 Å². The second kappa shape index (κ2) is 9.66. The standard InChI is InChI=1S/C28H33FN4O/c29-23-17-19(18-30)15-16-22(23)28(32-24-13-7-8-14-25(24)33-28)26(20-9-3-1-4-10-20)27(34)31-21-11-5-2-6-12-21/h7-8,13-17,20-21,26,32-33H,1-6,9-12H2,(H,31,34). The van der Waals surface area contributed by atoms with Crippen LogP contribution >= 0.6 is 0 Å². The normalized spacial score (nSPS) is 20.9. The monoisotopic (exact) mass is 460 g/mol. The Morgan fingerprint density at radius 1 is 0.971 bits per heavy atom. The van der Waals surface area contributed by atoms with Crippen molar-refractivity contribution in [3.8, 4) is 6.07 Å². The molecule has 6 heteroatoms. The Hall–Kier alpha value is -3.07. The number of nitrogens with zero attached hydrogens (tertiary/aromatic N) is 1. The molecule has 1 amide bonds. The maximum atomic E-state index is 15.6. The molecule has 0 spiro atoms. The van der Waals surface area contributed by atoms with E-state index in [0.29, 0.717) is 5.56 Å². The van der Waals surface area contributed by atoms with Crippen LogP contribution in [0.25, 0.3) is 0 Å². The molecule has 2 aliphatic carbocycles. The topological polar surface area (TPSA) is 77.0 Å². The highest BCUT2D eigenvalue weighted by Gasteiger charge is 2.53. The summed E-state index contributed by atoms with van der Waals surface area (Å²) in [6.07, 6.45) is 10.7. The van der Waals surface area contributed by atoms with Crippen LogP contribution < -0.4 is 16.0 Å². The van der Waals surface area contributed by atoms with Gasteiger partial charge in [0, 0.05) is 11.6 Å². The second-order valence-electron chi connectivity index (χ2n) is 10.1. The molecule has 1 aliphatic heterocycles. The van der Waals surface area contributed by atoms with Gasteiger partial charge in [-0.05, 0) is 55.9 Å². The van der Waals surface area contributed by atoms with Crippen molar-refractivity contribution in [2.75, 3.05) is 10.6 Å². The summed E-state index contributed by atoms with van der Waals surface area (Å²) in [5.41, 5.74) is 1.25. The molecule has 0 aromatic heterocycles. The van der Waals surface area contributed by atoms with Crippen molar-refractivity contribution in [3.63, 3.8) is 0 Å². The molecule has 1 unspecified atom stereocenters. The number of para-hydroxylation sites is 2. The van der Waals surface area contributed by atoms with E-state index in [1.807, 2.05) is 30.3 Å². The molecule has 0 radical (unpaired) electrons. The molecule has 3 aliphatic rings. The number of hydrogen-bond donors (Lipinski definition) is 3. The Kier molecular flexibility index (Phi) is 6.45. The molecule has 34 heavy (non-hydrogen) atoms. The third kappa shape index (κ3) is 4.24. The molecule has 1 atom stereocenters. The van der Waals surface area contributed by atoms with Crippen LogP contribution in [-0.4, -0.2) is 11.9 Å². The quantitative estimate of drug-likeness (QED) is 0.509. The zero-order chi connectivity index (χ0) is 23.5. The van der Waals surface area contributed by atoms with Crippen molar-refractivity contribution >= 4 is 17.3 Å². The van der Waals surface area contributed by atoms with Crippen LogP contribution in [0.2, 0.25) is 0 Å². The first kappa shape index (κ1) is 22.7. The van der Waals surface area contributed by atoms with Gasteiger partial charge in [-0.25, -0.2) is 4.39 Å². The van der Waals surface area contributed by atoms with Crippen LogP contribution in [0, 0.1) is 29.0 Å². The molecule has 5 rings (SSSR count). The Bertz CT molecular complexity index is 1060. The van der Waals surface area contributed by atoms with E-state index in [-0.39, 0.29) is 23.4 Å². The van der Waals surface area contributed by atoms with Gasteiger partial charge in [0.05, 0.1) is 28.9 Å². The summed E-state index contributed by atoms with van der Waals surface area (Å²) in [4.78, 5) is 14.1. The molecular weight excluding hydrogens is 427 g/mol. The van der Waals surface area contributed by atoms with Crippen LogP contribution in [-0.2, 0) is 10.5 Å². The van der Waals surface area contributed by atoms with E-state index < -0.39 is 17.4 Å². The minimum Gasteiger partial charge on any atom is -0.357 e. The number of nitriles is 1. The van der Waals surface area contributed by atoms with E-state index in [9.17, 15) is 10.1 Å². The highest BCUT2D eigenvalue weighted by Crippen LogP contribution is 2.49. The Labute approximate surface area is 201 Å². The number of nitrogens with one attached hydrogen (secondary N) is 3. The molecule has 2 saturated carbocycles. The first-order valence-corrected chi connectivity index (χ1v) is 12.8. The van der Waals surface area contributed by atoms with Gasteiger partial charge in [-0.2, -0.15) is 5.26 Å². The van der Waals surface area contributed by atoms with Crippen molar-refractivity contribution in [2.24, 2.45) is 11.8 Å². The lowest BCUT2D eigenvalue weighted by Crippen LogP contribution is -2.57. The Balaban J connectivity index is 1.60. The fraction of sp³-hybridized carbons (Fsp3) is 0.500. The zero-order valence-corrected chi connectivity index (χ0v) is 19.6. The first-order chi connectivity index (χ1) is 16.6. The summed E-state index contributed by atoms with van der Waals surface area (Å²) in [5.74, 6) is -0.847. The predicted octanol–water partition coefficient (Wildman–Crippen LogP) is 6.03. The SMILES string of the molecule is N#Cc1ccc(C2(C(C(=O)NC3CCCCC3)C3CCCCC3)Nc3ccccc3N2)c(F)c1. The fourth-order valence-corrected chi connectivity index (χ4v) is 6.29. The van der Waals surface area contributed by atoms with Crippen molar-refractivity contribution < 1.29 is 9.18 Å². The average molecular weight is 461 g/mol. The van der Waals surface area contributed by atoms with Crippen LogP contribution in [0.4, 0.5) is 15.8 Å².